The topological polar surface area (TPSA) is 41.1 Å². The second-order valence-corrected chi connectivity index (χ2v) is 7.36. The molecule has 4 aliphatic carbocycles. The largest absolute Gasteiger partial charge is 0.349 e. The van der Waals surface area contributed by atoms with E-state index in [1.807, 2.05) is 6.92 Å². The van der Waals surface area contributed by atoms with Gasteiger partial charge in [0.05, 0.1) is 6.04 Å². The molecule has 3 heteroatoms. The van der Waals surface area contributed by atoms with Gasteiger partial charge >= 0.3 is 0 Å². The third kappa shape index (κ3) is 2.67. The van der Waals surface area contributed by atoms with Gasteiger partial charge in [-0.3, -0.25) is 4.79 Å². The van der Waals surface area contributed by atoms with Crippen LogP contribution in [0.2, 0.25) is 0 Å². The van der Waals surface area contributed by atoms with E-state index >= 15 is 0 Å². The Balaban J connectivity index is 1.61. The monoisotopic (exact) mass is 264 g/mol. The summed E-state index contributed by atoms with van der Waals surface area (Å²) in [5.74, 6) is 2.90. The Kier molecular flexibility index (Phi) is 3.59. The average Bonchev–Trinajstić information content (AvgIpc) is 2.33. The van der Waals surface area contributed by atoms with Crippen LogP contribution in [0.4, 0.5) is 0 Å². The molecule has 3 nitrogen and oxygen atoms in total. The SMILES string of the molecule is CCCNC(C)C(=O)NC12CC3CC(CC(C3)C1)C2. The van der Waals surface area contributed by atoms with Crippen LogP contribution in [0.5, 0.6) is 0 Å². The smallest absolute Gasteiger partial charge is 0.237 e. The second kappa shape index (κ2) is 5.08. The van der Waals surface area contributed by atoms with Crippen molar-refractivity contribution in [3.05, 3.63) is 0 Å². The summed E-state index contributed by atoms with van der Waals surface area (Å²) in [4.78, 5) is 12.4. The number of hydrogen-bond acceptors (Lipinski definition) is 2. The predicted molar refractivity (Wildman–Crippen MR) is 76.8 cm³/mol. The van der Waals surface area contributed by atoms with Gasteiger partial charge < -0.3 is 10.6 Å². The van der Waals surface area contributed by atoms with E-state index in [2.05, 4.69) is 17.6 Å². The van der Waals surface area contributed by atoms with Crippen molar-refractivity contribution in [2.45, 2.75) is 70.4 Å². The van der Waals surface area contributed by atoms with Crippen molar-refractivity contribution in [3.8, 4) is 0 Å². The Morgan fingerprint density at radius 2 is 1.68 bits per heavy atom. The van der Waals surface area contributed by atoms with E-state index in [-0.39, 0.29) is 17.5 Å². The van der Waals surface area contributed by atoms with Crippen LogP contribution in [0.15, 0.2) is 0 Å². The minimum Gasteiger partial charge on any atom is -0.349 e. The maximum atomic E-state index is 12.4. The summed E-state index contributed by atoms with van der Waals surface area (Å²) in [7, 11) is 0. The first-order valence-electron chi connectivity index (χ1n) is 8.15. The lowest BCUT2D eigenvalue weighted by Crippen LogP contribution is -2.62. The summed E-state index contributed by atoms with van der Waals surface area (Å²) >= 11 is 0. The lowest BCUT2D eigenvalue weighted by molar-refractivity contribution is -0.128. The Labute approximate surface area is 116 Å². The first kappa shape index (κ1) is 13.4. The number of nitrogens with one attached hydrogen (secondary N) is 2. The van der Waals surface area contributed by atoms with Crippen LogP contribution >= 0.6 is 0 Å². The van der Waals surface area contributed by atoms with Gasteiger partial charge in [0, 0.05) is 5.54 Å². The molecule has 0 aliphatic heterocycles. The van der Waals surface area contributed by atoms with Crippen LogP contribution in [0.25, 0.3) is 0 Å². The van der Waals surface area contributed by atoms with Gasteiger partial charge in [0.2, 0.25) is 5.91 Å². The molecule has 0 saturated heterocycles. The maximum absolute atomic E-state index is 12.4. The van der Waals surface area contributed by atoms with Crippen LogP contribution in [0.1, 0.15) is 58.8 Å². The molecule has 19 heavy (non-hydrogen) atoms. The zero-order valence-electron chi connectivity index (χ0n) is 12.4. The highest BCUT2D eigenvalue weighted by atomic mass is 16.2. The first-order valence-corrected chi connectivity index (χ1v) is 8.15. The molecule has 4 fully saturated rings. The molecule has 1 unspecified atom stereocenters. The van der Waals surface area contributed by atoms with Gasteiger partial charge in [-0.15, -0.1) is 0 Å². The average molecular weight is 264 g/mol. The van der Waals surface area contributed by atoms with Crippen molar-refractivity contribution < 1.29 is 4.79 Å². The van der Waals surface area contributed by atoms with E-state index < -0.39 is 0 Å². The van der Waals surface area contributed by atoms with Crippen molar-refractivity contribution in [2.24, 2.45) is 17.8 Å². The molecule has 0 radical (unpaired) electrons. The minimum atomic E-state index is -0.0482. The highest BCUT2D eigenvalue weighted by Gasteiger charge is 2.51. The van der Waals surface area contributed by atoms with Crippen molar-refractivity contribution in [1.29, 1.82) is 0 Å². The predicted octanol–water partition coefficient (Wildman–Crippen LogP) is 2.46. The van der Waals surface area contributed by atoms with Crippen molar-refractivity contribution in [1.82, 2.24) is 10.6 Å². The van der Waals surface area contributed by atoms with Gasteiger partial charge in [-0.05, 0) is 76.2 Å². The lowest BCUT2D eigenvalue weighted by atomic mass is 9.53. The Morgan fingerprint density at radius 1 is 1.16 bits per heavy atom. The summed E-state index contributed by atoms with van der Waals surface area (Å²) in [6.07, 6.45) is 9.09. The molecule has 1 amide bonds. The van der Waals surface area contributed by atoms with Crippen LogP contribution < -0.4 is 10.6 Å². The van der Waals surface area contributed by atoms with Crippen LogP contribution in [-0.2, 0) is 4.79 Å². The van der Waals surface area contributed by atoms with E-state index in [9.17, 15) is 4.79 Å². The molecule has 0 aromatic rings. The number of carbonyl (C=O) groups is 1. The van der Waals surface area contributed by atoms with E-state index in [1.54, 1.807) is 0 Å². The molecular formula is C16H28N2O. The zero-order chi connectivity index (χ0) is 13.5. The van der Waals surface area contributed by atoms with Gasteiger partial charge in [0.15, 0.2) is 0 Å². The molecule has 108 valence electrons. The number of rotatable bonds is 5. The van der Waals surface area contributed by atoms with Crippen LogP contribution in [-0.4, -0.2) is 24.0 Å². The second-order valence-electron chi connectivity index (χ2n) is 7.36. The molecule has 2 N–H and O–H groups in total. The number of carbonyl (C=O) groups excluding carboxylic acids is 1. The van der Waals surface area contributed by atoms with Crippen LogP contribution in [0, 0.1) is 17.8 Å². The summed E-state index contributed by atoms with van der Waals surface area (Å²) in [6.45, 7) is 5.05. The fourth-order valence-corrected chi connectivity index (χ4v) is 5.09. The van der Waals surface area contributed by atoms with E-state index in [1.165, 1.54) is 38.5 Å². The molecule has 4 bridgehead atoms. The quantitative estimate of drug-likeness (QED) is 0.801. The van der Waals surface area contributed by atoms with Gasteiger partial charge in [0.1, 0.15) is 0 Å². The first-order chi connectivity index (χ1) is 9.10. The third-order valence-electron chi connectivity index (χ3n) is 5.52. The van der Waals surface area contributed by atoms with E-state index in [0.717, 1.165) is 30.7 Å². The van der Waals surface area contributed by atoms with Gasteiger partial charge in [-0.1, -0.05) is 6.92 Å². The standard InChI is InChI=1S/C16H28N2O/c1-3-4-17-11(2)15(19)18-16-8-12-5-13(9-16)7-14(6-12)10-16/h11-14,17H,3-10H2,1-2H3,(H,18,19). The number of hydrogen-bond donors (Lipinski definition) is 2. The highest BCUT2D eigenvalue weighted by Crippen LogP contribution is 2.55. The molecule has 0 heterocycles. The summed E-state index contributed by atoms with van der Waals surface area (Å²) in [6, 6.07) is -0.0482. The van der Waals surface area contributed by atoms with Gasteiger partial charge in [-0.25, -0.2) is 0 Å². The van der Waals surface area contributed by atoms with Crippen molar-refractivity contribution >= 4 is 5.91 Å². The molecule has 4 saturated carbocycles. The normalized spacial score (nSPS) is 41.3. The highest BCUT2D eigenvalue weighted by molar-refractivity contribution is 5.82. The third-order valence-corrected chi connectivity index (χ3v) is 5.52. The van der Waals surface area contributed by atoms with E-state index in [4.69, 9.17) is 0 Å². The van der Waals surface area contributed by atoms with Crippen molar-refractivity contribution in [2.75, 3.05) is 6.54 Å². The van der Waals surface area contributed by atoms with Gasteiger partial charge in [-0.2, -0.15) is 0 Å². The fraction of sp³-hybridized carbons (Fsp3) is 0.938. The van der Waals surface area contributed by atoms with Gasteiger partial charge in [0.25, 0.3) is 0 Å². The van der Waals surface area contributed by atoms with E-state index in [0.29, 0.717) is 0 Å². The summed E-state index contributed by atoms with van der Waals surface area (Å²) in [5.41, 5.74) is 0.161. The molecule has 1 atom stereocenters. The lowest BCUT2D eigenvalue weighted by Gasteiger charge is -2.57. The maximum Gasteiger partial charge on any atom is 0.237 e. The zero-order valence-corrected chi connectivity index (χ0v) is 12.4. The Hall–Kier alpha value is -0.570. The minimum absolute atomic E-state index is 0.0482. The Morgan fingerprint density at radius 3 is 2.16 bits per heavy atom. The fourth-order valence-electron chi connectivity index (χ4n) is 5.09. The molecule has 0 aromatic heterocycles. The molecule has 0 aromatic carbocycles. The summed E-state index contributed by atoms with van der Waals surface area (Å²) in [5, 5.41) is 6.73. The number of amides is 1. The molecule has 0 spiro atoms. The molecule has 4 rings (SSSR count). The molecular weight excluding hydrogens is 236 g/mol. The molecule has 4 aliphatic rings. The Bertz CT molecular complexity index is 317. The summed E-state index contributed by atoms with van der Waals surface area (Å²) < 4.78 is 0. The van der Waals surface area contributed by atoms with Crippen molar-refractivity contribution in [3.63, 3.8) is 0 Å². The van der Waals surface area contributed by atoms with Crippen LogP contribution in [0.3, 0.4) is 0 Å².